The van der Waals surface area contributed by atoms with Crippen LogP contribution < -0.4 is 21.7 Å². The maximum absolute atomic E-state index is 13.0. The second kappa shape index (κ2) is 10.7. The second-order valence-corrected chi connectivity index (χ2v) is 6.02. The van der Waals surface area contributed by atoms with Crippen molar-refractivity contribution in [3.8, 4) is 0 Å². The predicted octanol–water partition coefficient (Wildman–Crippen LogP) is 1.30. The number of nitrogens with zero attached hydrogens (tertiary/aromatic N) is 1. The number of guanidine groups is 1. The minimum atomic E-state index is -0.594. The zero-order chi connectivity index (χ0) is 20.4. The summed E-state index contributed by atoms with van der Waals surface area (Å²) in [7, 11) is 0. The molecule has 0 saturated carbocycles. The van der Waals surface area contributed by atoms with Gasteiger partial charge in [0.15, 0.2) is 5.96 Å². The minimum absolute atomic E-state index is 0.198. The molecule has 0 saturated heterocycles. The number of nitrogens with two attached hydrogens (primary N) is 1. The van der Waals surface area contributed by atoms with E-state index in [4.69, 9.17) is 5.73 Å². The van der Waals surface area contributed by atoms with Gasteiger partial charge in [0.1, 0.15) is 5.82 Å². The molecule has 0 heterocycles. The van der Waals surface area contributed by atoms with Crippen molar-refractivity contribution in [2.24, 2.45) is 10.7 Å². The number of hydrogen-bond donors (Lipinski definition) is 4. The van der Waals surface area contributed by atoms with Crippen LogP contribution in [0.3, 0.4) is 0 Å². The first-order chi connectivity index (χ1) is 13.5. The molecular weight excluding hydrogens is 361 g/mol. The first-order valence-corrected chi connectivity index (χ1v) is 8.90. The highest BCUT2D eigenvalue weighted by Crippen LogP contribution is 2.06. The van der Waals surface area contributed by atoms with Crippen LogP contribution in [-0.4, -0.2) is 30.9 Å². The first-order valence-electron chi connectivity index (χ1n) is 8.90. The normalized spacial score (nSPS) is 11.0. The lowest BCUT2D eigenvalue weighted by Crippen LogP contribution is -2.36. The largest absolute Gasteiger partial charge is 0.368 e. The molecule has 8 heteroatoms. The Morgan fingerprint density at radius 1 is 0.964 bits per heavy atom. The Bertz CT molecular complexity index is 819. The Kier molecular flexibility index (Phi) is 7.95. The molecule has 2 amide bonds. The molecule has 28 heavy (non-hydrogen) atoms. The fourth-order valence-electron chi connectivity index (χ4n) is 2.33. The van der Waals surface area contributed by atoms with Crippen LogP contribution in [-0.2, 0) is 17.9 Å². The minimum Gasteiger partial charge on any atom is -0.368 e. The molecule has 0 fully saturated rings. The third-order valence-corrected chi connectivity index (χ3v) is 3.78. The highest BCUT2D eigenvalue weighted by atomic mass is 19.1. The molecule has 0 unspecified atom stereocenters. The van der Waals surface area contributed by atoms with Crippen LogP contribution in [0.25, 0.3) is 0 Å². The average molecular weight is 385 g/mol. The quantitative estimate of drug-likeness (QED) is 0.406. The molecule has 0 aliphatic heterocycles. The van der Waals surface area contributed by atoms with E-state index in [1.54, 1.807) is 36.4 Å². The zero-order valence-electron chi connectivity index (χ0n) is 15.7. The lowest BCUT2D eigenvalue weighted by molar-refractivity contribution is -0.117. The van der Waals surface area contributed by atoms with Gasteiger partial charge in [-0.2, -0.15) is 0 Å². The number of carbonyl (C=O) groups excluding carboxylic acids is 2. The Labute approximate surface area is 163 Å². The van der Waals surface area contributed by atoms with Crippen LogP contribution in [0.5, 0.6) is 0 Å². The fraction of sp³-hybridized carbons (Fsp3) is 0.250. The van der Waals surface area contributed by atoms with Crippen LogP contribution in [0.15, 0.2) is 53.5 Å². The molecule has 0 spiro atoms. The van der Waals surface area contributed by atoms with Crippen molar-refractivity contribution in [1.29, 1.82) is 0 Å². The number of amides is 2. The van der Waals surface area contributed by atoms with Crippen LogP contribution in [0, 0.1) is 5.82 Å². The van der Waals surface area contributed by atoms with E-state index in [1.807, 2.05) is 6.92 Å². The van der Waals surface area contributed by atoms with Crippen molar-refractivity contribution in [2.45, 2.75) is 20.0 Å². The average Bonchev–Trinajstić information content (AvgIpc) is 2.70. The second-order valence-electron chi connectivity index (χ2n) is 6.02. The van der Waals surface area contributed by atoms with E-state index in [9.17, 15) is 14.0 Å². The van der Waals surface area contributed by atoms with Crippen molar-refractivity contribution in [2.75, 3.05) is 13.1 Å². The summed E-state index contributed by atoms with van der Waals surface area (Å²) in [6.45, 7) is 3.41. The lowest BCUT2D eigenvalue weighted by Gasteiger charge is -2.11. The molecule has 148 valence electrons. The molecule has 2 rings (SSSR count). The Morgan fingerprint density at radius 3 is 2.21 bits per heavy atom. The van der Waals surface area contributed by atoms with Gasteiger partial charge >= 0.3 is 0 Å². The molecule has 5 N–H and O–H groups in total. The number of aliphatic imine (C=N–C) groups is 1. The number of halogens is 1. The molecule has 0 aromatic heterocycles. The number of benzene rings is 2. The van der Waals surface area contributed by atoms with Gasteiger partial charge in [0, 0.05) is 18.7 Å². The lowest BCUT2D eigenvalue weighted by atomic mass is 10.1. The Morgan fingerprint density at radius 2 is 1.61 bits per heavy atom. The molecule has 2 aromatic rings. The number of primary amides is 1. The number of rotatable bonds is 8. The van der Waals surface area contributed by atoms with Gasteiger partial charge in [-0.3, -0.25) is 9.59 Å². The van der Waals surface area contributed by atoms with E-state index in [2.05, 4.69) is 20.9 Å². The van der Waals surface area contributed by atoms with E-state index in [0.717, 1.165) is 11.1 Å². The van der Waals surface area contributed by atoms with Crippen LogP contribution in [0.2, 0.25) is 0 Å². The summed E-state index contributed by atoms with van der Waals surface area (Å²) in [5.41, 5.74) is 7.31. The number of nitrogens with one attached hydrogen (secondary N) is 3. The first kappa shape index (κ1) is 20.9. The van der Waals surface area contributed by atoms with Gasteiger partial charge in [-0.05, 0) is 42.3 Å². The highest BCUT2D eigenvalue weighted by molar-refractivity contribution is 5.96. The topological polar surface area (TPSA) is 109 Å². The van der Waals surface area contributed by atoms with Crippen LogP contribution >= 0.6 is 0 Å². The van der Waals surface area contributed by atoms with Crippen molar-refractivity contribution in [3.63, 3.8) is 0 Å². The van der Waals surface area contributed by atoms with Crippen molar-refractivity contribution >= 4 is 17.8 Å². The summed E-state index contributed by atoms with van der Waals surface area (Å²) in [5.74, 6) is -0.585. The highest BCUT2D eigenvalue weighted by Gasteiger charge is 2.06. The summed E-state index contributed by atoms with van der Waals surface area (Å²) < 4.78 is 13.0. The maximum Gasteiger partial charge on any atom is 0.251 e. The molecule has 7 nitrogen and oxygen atoms in total. The summed E-state index contributed by atoms with van der Waals surface area (Å²) in [5, 5.41) is 8.78. The molecule has 0 aliphatic rings. The molecule has 0 radical (unpaired) electrons. The predicted molar refractivity (Wildman–Crippen MR) is 106 cm³/mol. The van der Waals surface area contributed by atoms with Crippen molar-refractivity contribution in [1.82, 2.24) is 16.0 Å². The summed E-state index contributed by atoms with van der Waals surface area (Å²) >= 11 is 0. The molecule has 0 aliphatic carbocycles. The van der Waals surface area contributed by atoms with E-state index >= 15 is 0 Å². The third kappa shape index (κ3) is 7.06. The van der Waals surface area contributed by atoms with E-state index in [-0.39, 0.29) is 18.3 Å². The molecule has 0 atom stereocenters. The van der Waals surface area contributed by atoms with Gasteiger partial charge in [-0.1, -0.05) is 24.3 Å². The fourth-order valence-corrected chi connectivity index (χ4v) is 2.33. The number of hydrogen-bond acceptors (Lipinski definition) is 3. The SMILES string of the molecule is CCNC(=NCc1ccc(C(=O)NCC(N)=O)cc1)NCc1ccc(F)cc1. The van der Waals surface area contributed by atoms with Crippen LogP contribution in [0.1, 0.15) is 28.4 Å². The van der Waals surface area contributed by atoms with E-state index < -0.39 is 5.91 Å². The maximum atomic E-state index is 13.0. The molecular formula is C20H24FN5O2. The van der Waals surface area contributed by atoms with Gasteiger partial charge in [0.25, 0.3) is 5.91 Å². The van der Waals surface area contributed by atoms with Gasteiger partial charge in [0.05, 0.1) is 13.1 Å². The number of carbonyl (C=O) groups is 2. The molecule has 0 bridgehead atoms. The standard InChI is InChI=1S/C20H24FN5O2/c1-2-23-20(26-12-15-5-9-17(21)10-6-15)25-11-14-3-7-16(8-4-14)19(28)24-13-18(22)27/h3-10H,2,11-13H2,1H3,(H2,22,27)(H,24,28)(H2,23,25,26). The monoisotopic (exact) mass is 385 g/mol. The summed E-state index contributed by atoms with van der Waals surface area (Å²) in [6, 6.07) is 13.2. The van der Waals surface area contributed by atoms with E-state index in [0.29, 0.717) is 31.2 Å². The molecule has 2 aromatic carbocycles. The van der Waals surface area contributed by atoms with Gasteiger partial charge in [-0.15, -0.1) is 0 Å². The Hall–Kier alpha value is -3.42. The summed E-state index contributed by atoms with van der Waals surface area (Å²) in [4.78, 5) is 27.1. The Balaban J connectivity index is 1.93. The van der Waals surface area contributed by atoms with Gasteiger partial charge < -0.3 is 21.7 Å². The van der Waals surface area contributed by atoms with Crippen molar-refractivity contribution < 1.29 is 14.0 Å². The third-order valence-electron chi connectivity index (χ3n) is 3.78. The van der Waals surface area contributed by atoms with Gasteiger partial charge in [0.2, 0.25) is 5.91 Å². The summed E-state index contributed by atoms with van der Waals surface area (Å²) in [6.07, 6.45) is 0. The smallest absolute Gasteiger partial charge is 0.251 e. The van der Waals surface area contributed by atoms with E-state index in [1.165, 1.54) is 12.1 Å². The van der Waals surface area contributed by atoms with Gasteiger partial charge in [-0.25, -0.2) is 9.38 Å². The van der Waals surface area contributed by atoms with Crippen LogP contribution in [0.4, 0.5) is 4.39 Å². The van der Waals surface area contributed by atoms with Crippen molar-refractivity contribution in [3.05, 3.63) is 71.0 Å². The zero-order valence-corrected chi connectivity index (χ0v) is 15.7.